The van der Waals surface area contributed by atoms with E-state index in [1.165, 1.54) is 4.90 Å². The highest BCUT2D eigenvalue weighted by molar-refractivity contribution is 5.95. The SMILES string of the molecule is O=C(O)CN(C(=O)c1cn(-c2ccccc2)c(-c2ccccc2)n1)C1CCOCC1. The number of rotatable bonds is 6. The fourth-order valence-electron chi connectivity index (χ4n) is 3.72. The summed E-state index contributed by atoms with van der Waals surface area (Å²) in [5, 5.41) is 9.38. The second-order valence-electron chi connectivity index (χ2n) is 7.19. The number of aromatic nitrogens is 2. The van der Waals surface area contributed by atoms with Gasteiger partial charge in [-0.2, -0.15) is 0 Å². The number of aliphatic carboxylic acids is 1. The second-order valence-corrected chi connectivity index (χ2v) is 7.19. The van der Waals surface area contributed by atoms with Gasteiger partial charge in [-0.25, -0.2) is 4.98 Å². The summed E-state index contributed by atoms with van der Waals surface area (Å²) in [6.07, 6.45) is 2.92. The van der Waals surface area contributed by atoms with Gasteiger partial charge in [-0.05, 0) is 25.0 Å². The molecule has 1 fully saturated rings. The summed E-state index contributed by atoms with van der Waals surface area (Å²) >= 11 is 0. The van der Waals surface area contributed by atoms with Crippen LogP contribution in [0, 0.1) is 0 Å². The monoisotopic (exact) mass is 405 g/mol. The van der Waals surface area contributed by atoms with Crippen molar-refractivity contribution in [2.45, 2.75) is 18.9 Å². The minimum atomic E-state index is -1.04. The van der Waals surface area contributed by atoms with E-state index in [9.17, 15) is 14.7 Å². The Bertz CT molecular complexity index is 954. The first-order valence-corrected chi connectivity index (χ1v) is 9.94. The predicted molar refractivity (Wildman–Crippen MR) is 112 cm³/mol. The molecule has 0 aliphatic carbocycles. The second kappa shape index (κ2) is 8.92. The van der Waals surface area contributed by atoms with Gasteiger partial charge in [-0.3, -0.25) is 14.2 Å². The zero-order chi connectivity index (χ0) is 20.9. The van der Waals surface area contributed by atoms with Gasteiger partial charge in [-0.15, -0.1) is 0 Å². The maximum Gasteiger partial charge on any atom is 0.323 e. The Kier molecular flexibility index (Phi) is 5.90. The van der Waals surface area contributed by atoms with E-state index in [1.54, 1.807) is 6.20 Å². The Morgan fingerprint density at radius 2 is 1.67 bits per heavy atom. The largest absolute Gasteiger partial charge is 0.480 e. The smallest absolute Gasteiger partial charge is 0.323 e. The molecule has 0 unspecified atom stereocenters. The number of para-hydroxylation sites is 1. The fraction of sp³-hybridized carbons (Fsp3) is 0.261. The molecule has 0 bridgehead atoms. The molecule has 1 aliphatic heterocycles. The highest BCUT2D eigenvalue weighted by Gasteiger charge is 2.30. The minimum absolute atomic E-state index is 0.176. The van der Waals surface area contributed by atoms with Crippen molar-refractivity contribution in [3.63, 3.8) is 0 Å². The summed E-state index contributed by atoms with van der Waals surface area (Å²) in [6.45, 7) is 0.673. The topological polar surface area (TPSA) is 84.7 Å². The number of carbonyl (C=O) groups is 2. The standard InChI is InChI=1S/C23H23N3O4/c27-21(28)16-26(19-11-13-30-14-12-19)23(29)20-15-25(18-9-5-2-6-10-18)22(24-20)17-7-3-1-4-8-17/h1-10,15,19H,11-14,16H2,(H,27,28). The molecule has 3 aromatic rings. The zero-order valence-corrected chi connectivity index (χ0v) is 16.5. The molecule has 2 aromatic carbocycles. The van der Waals surface area contributed by atoms with Gasteiger partial charge in [0.1, 0.15) is 18.1 Å². The summed E-state index contributed by atoms with van der Waals surface area (Å²) < 4.78 is 7.24. The number of hydrogen-bond donors (Lipinski definition) is 1. The molecule has 0 spiro atoms. The number of carbonyl (C=O) groups excluding carboxylic acids is 1. The zero-order valence-electron chi connectivity index (χ0n) is 16.5. The van der Waals surface area contributed by atoms with Crippen molar-refractivity contribution in [3.05, 3.63) is 72.6 Å². The summed E-state index contributed by atoms with van der Waals surface area (Å²) in [5.41, 5.74) is 1.97. The molecule has 0 radical (unpaired) electrons. The molecule has 1 aliphatic rings. The molecular formula is C23H23N3O4. The predicted octanol–water partition coefficient (Wildman–Crippen LogP) is 3.25. The van der Waals surface area contributed by atoms with Crippen LogP contribution in [0.15, 0.2) is 66.9 Å². The van der Waals surface area contributed by atoms with Gasteiger partial charge in [0, 0.05) is 36.7 Å². The first kappa shape index (κ1) is 19.8. The lowest BCUT2D eigenvalue weighted by Gasteiger charge is -2.32. The van der Waals surface area contributed by atoms with Crippen molar-refractivity contribution < 1.29 is 19.4 Å². The van der Waals surface area contributed by atoms with E-state index in [0.717, 1.165) is 11.3 Å². The average molecular weight is 405 g/mol. The number of carboxylic acid groups (broad SMARTS) is 1. The highest BCUT2D eigenvalue weighted by Crippen LogP contribution is 2.25. The third-order valence-electron chi connectivity index (χ3n) is 5.19. The minimum Gasteiger partial charge on any atom is -0.480 e. The van der Waals surface area contributed by atoms with E-state index in [4.69, 9.17) is 4.74 Å². The van der Waals surface area contributed by atoms with E-state index < -0.39 is 5.97 Å². The molecule has 1 amide bonds. The van der Waals surface area contributed by atoms with Crippen LogP contribution in [0.4, 0.5) is 0 Å². The Hall–Kier alpha value is -3.45. The lowest BCUT2D eigenvalue weighted by Crippen LogP contribution is -2.46. The first-order valence-electron chi connectivity index (χ1n) is 9.94. The number of amides is 1. The number of carboxylic acids is 1. The molecule has 1 saturated heterocycles. The van der Waals surface area contributed by atoms with E-state index >= 15 is 0 Å². The number of hydrogen-bond acceptors (Lipinski definition) is 4. The van der Waals surface area contributed by atoms with Crippen LogP contribution < -0.4 is 0 Å². The number of imidazole rings is 1. The summed E-state index contributed by atoms with van der Waals surface area (Å²) in [5.74, 6) is -0.788. The fourth-order valence-corrected chi connectivity index (χ4v) is 3.72. The third-order valence-corrected chi connectivity index (χ3v) is 5.19. The molecule has 7 nitrogen and oxygen atoms in total. The van der Waals surface area contributed by atoms with Crippen LogP contribution in [0.1, 0.15) is 23.3 Å². The lowest BCUT2D eigenvalue weighted by molar-refractivity contribution is -0.138. The van der Waals surface area contributed by atoms with Gasteiger partial charge in [0.15, 0.2) is 0 Å². The van der Waals surface area contributed by atoms with Crippen molar-refractivity contribution in [2.75, 3.05) is 19.8 Å². The number of ether oxygens (including phenoxy) is 1. The molecule has 0 atom stereocenters. The molecule has 7 heteroatoms. The Balaban J connectivity index is 1.75. The molecular weight excluding hydrogens is 382 g/mol. The van der Waals surface area contributed by atoms with Gasteiger partial charge >= 0.3 is 5.97 Å². The molecule has 4 rings (SSSR count). The lowest BCUT2D eigenvalue weighted by atomic mass is 10.1. The maximum atomic E-state index is 13.4. The normalized spacial score (nSPS) is 14.4. The molecule has 1 N–H and O–H groups in total. The molecule has 30 heavy (non-hydrogen) atoms. The van der Waals surface area contributed by atoms with Crippen molar-refractivity contribution in [1.29, 1.82) is 0 Å². The molecule has 0 saturated carbocycles. The summed E-state index contributed by atoms with van der Waals surface area (Å²) in [6, 6.07) is 19.1. The van der Waals surface area contributed by atoms with Crippen LogP contribution in [0.3, 0.4) is 0 Å². The van der Waals surface area contributed by atoms with Crippen LogP contribution in [-0.2, 0) is 9.53 Å². The summed E-state index contributed by atoms with van der Waals surface area (Å²) in [7, 11) is 0. The van der Waals surface area contributed by atoms with Crippen LogP contribution in [-0.4, -0.2) is 57.2 Å². The van der Waals surface area contributed by atoms with E-state index in [2.05, 4.69) is 4.98 Å². The average Bonchev–Trinajstić information content (AvgIpc) is 3.24. The van der Waals surface area contributed by atoms with Gasteiger partial charge in [0.05, 0.1) is 0 Å². The van der Waals surface area contributed by atoms with E-state index in [1.807, 2.05) is 65.2 Å². The Morgan fingerprint density at radius 3 is 2.30 bits per heavy atom. The van der Waals surface area contributed by atoms with Gasteiger partial charge in [0.25, 0.3) is 5.91 Å². The van der Waals surface area contributed by atoms with Gasteiger partial charge in [0.2, 0.25) is 0 Å². The molecule has 1 aromatic heterocycles. The van der Waals surface area contributed by atoms with Crippen LogP contribution in [0.25, 0.3) is 17.1 Å². The third kappa shape index (κ3) is 4.26. The molecule has 2 heterocycles. The van der Waals surface area contributed by atoms with Gasteiger partial charge in [-0.1, -0.05) is 48.5 Å². The van der Waals surface area contributed by atoms with Crippen LogP contribution >= 0.6 is 0 Å². The van der Waals surface area contributed by atoms with E-state index in [0.29, 0.717) is 31.9 Å². The Labute approximate surface area is 174 Å². The number of nitrogens with zero attached hydrogens (tertiary/aromatic N) is 3. The molecule has 154 valence electrons. The van der Waals surface area contributed by atoms with Crippen molar-refractivity contribution >= 4 is 11.9 Å². The van der Waals surface area contributed by atoms with Crippen molar-refractivity contribution in [1.82, 2.24) is 14.5 Å². The van der Waals surface area contributed by atoms with E-state index in [-0.39, 0.29) is 24.2 Å². The van der Waals surface area contributed by atoms with Gasteiger partial charge < -0.3 is 14.7 Å². The Morgan fingerprint density at radius 1 is 1.03 bits per heavy atom. The van der Waals surface area contributed by atoms with Crippen LogP contribution in [0.2, 0.25) is 0 Å². The summed E-state index contributed by atoms with van der Waals surface area (Å²) in [4.78, 5) is 30.8. The highest BCUT2D eigenvalue weighted by atomic mass is 16.5. The quantitative estimate of drug-likeness (QED) is 0.681. The van der Waals surface area contributed by atoms with Crippen LogP contribution in [0.5, 0.6) is 0 Å². The first-order chi connectivity index (χ1) is 14.6. The van der Waals surface area contributed by atoms with Crippen molar-refractivity contribution in [2.24, 2.45) is 0 Å². The number of benzene rings is 2. The maximum absolute atomic E-state index is 13.4. The van der Waals surface area contributed by atoms with Crippen molar-refractivity contribution in [3.8, 4) is 17.1 Å².